The number of nitrogens with two attached hydrogens (primary N) is 1. The standard InChI is InChI=1S/C15H20N2O4/c1-15(2)14(19)17(8-5-9-20-3)12-10(13(16)18)6-4-7-11(12)21-15/h4,6-7H,5,8-9H2,1-3H3,(H2,16,18). The van der Waals surface area contributed by atoms with Crippen LogP contribution in [0.15, 0.2) is 18.2 Å². The van der Waals surface area contributed by atoms with Crippen molar-refractivity contribution in [3.63, 3.8) is 0 Å². The van der Waals surface area contributed by atoms with E-state index >= 15 is 0 Å². The number of hydrogen-bond acceptors (Lipinski definition) is 4. The van der Waals surface area contributed by atoms with E-state index in [0.717, 1.165) is 0 Å². The number of nitrogens with zero attached hydrogens (tertiary/aromatic N) is 1. The molecule has 1 aromatic rings. The molecule has 6 heteroatoms. The first-order chi connectivity index (χ1) is 9.88. The van der Waals surface area contributed by atoms with Gasteiger partial charge >= 0.3 is 0 Å². The Bertz CT molecular complexity index is 569. The topological polar surface area (TPSA) is 81.9 Å². The molecule has 1 aromatic carbocycles. The highest BCUT2D eigenvalue weighted by molar-refractivity contribution is 6.09. The number of fused-ring (bicyclic) bond motifs is 1. The average molecular weight is 292 g/mol. The molecule has 2 rings (SSSR count). The molecule has 1 aliphatic rings. The summed E-state index contributed by atoms with van der Waals surface area (Å²) in [5, 5.41) is 0. The van der Waals surface area contributed by atoms with E-state index in [0.29, 0.717) is 31.0 Å². The van der Waals surface area contributed by atoms with E-state index in [-0.39, 0.29) is 11.5 Å². The van der Waals surface area contributed by atoms with Gasteiger partial charge in [0.15, 0.2) is 5.60 Å². The first-order valence-corrected chi connectivity index (χ1v) is 6.81. The second kappa shape index (κ2) is 5.73. The summed E-state index contributed by atoms with van der Waals surface area (Å²) in [5.74, 6) is -0.284. The van der Waals surface area contributed by atoms with E-state index in [4.69, 9.17) is 15.2 Å². The van der Waals surface area contributed by atoms with Crippen LogP contribution in [0.5, 0.6) is 5.75 Å². The molecule has 114 valence electrons. The van der Waals surface area contributed by atoms with Crippen LogP contribution in [0, 0.1) is 0 Å². The number of anilines is 1. The maximum Gasteiger partial charge on any atom is 0.270 e. The van der Waals surface area contributed by atoms with Crippen LogP contribution in [0.4, 0.5) is 5.69 Å². The van der Waals surface area contributed by atoms with Crippen LogP contribution >= 0.6 is 0 Å². The number of hydrogen-bond donors (Lipinski definition) is 1. The molecule has 2 N–H and O–H groups in total. The van der Waals surface area contributed by atoms with Crippen molar-refractivity contribution in [3.05, 3.63) is 23.8 Å². The van der Waals surface area contributed by atoms with Crippen molar-refractivity contribution in [2.75, 3.05) is 25.2 Å². The predicted molar refractivity (Wildman–Crippen MR) is 78.5 cm³/mol. The van der Waals surface area contributed by atoms with E-state index in [1.165, 1.54) is 0 Å². The maximum absolute atomic E-state index is 12.6. The Balaban J connectivity index is 2.48. The summed E-state index contributed by atoms with van der Waals surface area (Å²) in [6.07, 6.45) is 0.658. The Morgan fingerprint density at radius 3 is 2.76 bits per heavy atom. The minimum Gasteiger partial charge on any atom is -0.476 e. The van der Waals surface area contributed by atoms with E-state index < -0.39 is 11.5 Å². The third-order valence-electron chi connectivity index (χ3n) is 3.39. The van der Waals surface area contributed by atoms with Crippen molar-refractivity contribution in [3.8, 4) is 5.75 Å². The van der Waals surface area contributed by atoms with E-state index in [1.54, 1.807) is 44.1 Å². The Kier molecular flexibility index (Phi) is 4.18. The normalized spacial score (nSPS) is 16.3. The molecular formula is C15H20N2O4. The number of para-hydroxylation sites is 1. The van der Waals surface area contributed by atoms with Gasteiger partial charge in [-0.3, -0.25) is 9.59 Å². The molecule has 0 radical (unpaired) electrons. The summed E-state index contributed by atoms with van der Waals surface area (Å²) in [5.41, 5.74) is 5.17. The highest BCUT2D eigenvalue weighted by Gasteiger charge is 2.42. The van der Waals surface area contributed by atoms with Crippen molar-refractivity contribution >= 4 is 17.5 Å². The summed E-state index contributed by atoms with van der Waals surface area (Å²) in [7, 11) is 1.61. The Labute approximate surface area is 123 Å². The molecular weight excluding hydrogens is 272 g/mol. The smallest absolute Gasteiger partial charge is 0.270 e. The zero-order valence-corrected chi connectivity index (χ0v) is 12.5. The van der Waals surface area contributed by atoms with Crippen LogP contribution in [-0.4, -0.2) is 37.7 Å². The summed E-state index contributed by atoms with van der Waals surface area (Å²) in [4.78, 5) is 25.8. The van der Waals surface area contributed by atoms with Gasteiger partial charge in [0.25, 0.3) is 11.8 Å². The van der Waals surface area contributed by atoms with Gasteiger partial charge in [0.2, 0.25) is 0 Å². The third-order valence-corrected chi connectivity index (χ3v) is 3.39. The van der Waals surface area contributed by atoms with Crippen molar-refractivity contribution < 1.29 is 19.1 Å². The second-order valence-electron chi connectivity index (χ2n) is 5.43. The van der Waals surface area contributed by atoms with E-state index in [1.807, 2.05) is 0 Å². The van der Waals surface area contributed by atoms with Gasteiger partial charge < -0.3 is 20.1 Å². The van der Waals surface area contributed by atoms with Gasteiger partial charge in [-0.2, -0.15) is 0 Å². The molecule has 6 nitrogen and oxygen atoms in total. The number of rotatable bonds is 5. The largest absolute Gasteiger partial charge is 0.476 e. The van der Waals surface area contributed by atoms with Crippen molar-refractivity contribution in [1.29, 1.82) is 0 Å². The molecule has 1 heterocycles. The van der Waals surface area contributed by atoms with Crippen LogP contribution in [0.1, 0.15) is 30.6 Å². The number of amides is 2. The SMILES string of the molecule is COCCCN1C(=O)C(C)(C)Oc2cccc(C(N)=O)c21. The minimum atomic E-state index is -0.976. The predicted octanol–water partition coefficient (Wildman–Crippen LogP) is 1.33. The van der Waals surface area contributed by atoms with Crippen LogP contribution in [-0.2, 0) is 9.53 Å². The summed E-state index contributed by atoms with van der Waals surface area (Å²) in [6.45, 7) is 4.38. The lowest BCUT2D eigenvalue weighted by Gasteiger charge is -2.39. The van der Waals surface area contributed by atoms with Gasteiger partial charge in [0.1, 0.15) is 5.75 Å². The van der Waals surface area contributed by atoms with Crippen LogP contribution in [0.2, 0.25) is 0 Å². The molecule has 0 aromatic heterocycles. The van der Waals surface area contributed by atoms with Gasteiger partial charge in [-0.05, 0) is 32.4 Å². The Morgan fingerprint density at radius 2 is 2.14 bits per heavy atom. The molecule has 0 unspecified atom stereocenters. The van der Waals surface area contributed by atoms with Crippen LogP contribution in [0.25, 0.3) is 0 Å². The first kappa shape index (κ1) is 15.3. The highest BCUT2D eigenvalue weighted by Crippen LogP contribution is 2.40. The fraction of sp³-hybridized carbons (Fsp3) is 0.467. The summed E-state index contributed by atoms with van der Waals surface area (Å²) in [6, 6.07) is 5.02. The monoisotopic (exact) mass is 292 g/mol. The number of benzene rings is 1. The summed E-state index contributed by atoms with van der Waals surface area (Å²) >= 11 is 0. The van der Waals surface area contributed by atoms with Crippen LogP contribution < -0.4 is 15.4 Å². The molecule has 0 saturated heterocycles. The molecule has 0 atom stereocenters. The molecule has 2 amide bonds. The zero-order valence-electron chi connectivity index (χ0n) is 12.5. The number of methoxy groups -OCH3 is 1. The zero-order chi connectivity index (χ0) is 15.6. The molecule has 0 fully saturated rings. The Morgan fingerprint density at radius 1 is 1.43 bits per heavy atom. The molecule has 0 spiro atoms. The lowest BCUT2D eigenvalue weighted by Crippen LogP contribution is -2.53. The lowest BCUT2D eigenvalue weighted by molar-refractivity contribution is -0.132. The average Bonchev–Trinajstić information content (AvgIpc) is 2.42. The lowest BCUT2D eigenvalue weighted by atomic mass is 10.0. The van der Waals surface area contributed by atoms with E-state index in [9.17, 15) is 9.59 Å². The second-order valence-corrected chi connectivity index (χ2v) is 5.43. The Hall–Kier alpha value is -2.08. The minimum absolute atomic E-state index is 0.195. The third kappa shape index (κ3) is 2.85. The van der Waals surface area contributed by atoms with E-state index in [2.05, 4.69) is 0 Å². The number of ether oxygens (including phenoxy) is 2. The quantitative estimate of drug-likeness (QED) is 0.830. The van der Waals surface area contributed by atoms with Gasteiger partial charge in [0.05, 0.1) is 11.3 Å². The van der Waals surface area contributed by atoms with Gasteiger partial charge in [-0.15, -0.1) is 0 Å². The summed E-state index contributed by atoms with van der Waals surface area (Å²) < 4.78 is 10.8. The van der Waals surface area contributed by atoms with Gasteiger partial charge in [-0.25, -0.2) is 0 Å². The number of carbonyl (C=O) groups is 2. The van der Waals surface area contributed by atoms with Crippen molar-refractivity contribution in [2.45, 2.75) is 25.9 Å². The molecule has 0 bridgehead atoms. The fourth-order valence-corrected chi connectivity index (χ4v) is 2.41. The molecule has 0 saturated carbocycles. The number of carbonyl (C=O) groups excluding carboxylic acids is 2. The highest BCUT2D eigenvalue weighted by atomic mass is 16.5. The molecule has 1 aliphatic heterocycles. The van der Waals surface area contributed by atoms with Crippen molar-refractivity contribution in [2.24, 2.45) is 5.73 Å². The molecule has 0 aliphatic carbocycles. The van der Waals surface area contributed by atoms with Crippen molar-refractivity contribution in [1.82, 2.24) is 0 Å². The first-order valence-electron chi connectivity index (χ1n) is 6.81. The fourth-order valence-electron chi connectivity index (χ4n) is 2.41. The molecule has 21 heavy (non-hydrogen) atoms. The van der Waals surface area contributed by atoms with Gasteiger partial charge in [0, 0.05) is 20.3 Å². The van der Waals surface area contributed by atoms with Crippen LogP contribution in [0.3, 0.4) is 0 Å². The van der Waals surface area contributed by atoms with Gasteiger partial charge in [-0.1, -0.05) is 6.07 Å². The number of primary amides is 1. The maximum atomic E-state index is 12.6.